The third kappa shape index (κ3) is 27000. The number of carbonyl (C=O) groups is 1. The van der Waals surface area contributed by atoms with E-state index in [1.54, 1.807) is 0 Å². The molecule has 5 N–H and O–H groups in total. The highest BCUT2D eigenvalue weighted by molar-refractivity contribution is 5.47. The van der Waals surface area contributed by atoms with Gasteiger partial charge in [-0.05, 0) is 6.16 Å². The Bertz CT molecular complexity index is 78.9. The summed E-state index contributed by atoms with van der Waals surface area (Å²) in [7, 11) is 6.25. The van der Waals surface area contributed by atoms with Gasteiger partial charge in [-0.3, -0.25) is 0 Å². The van der Waals surface area contributed by atoms with E-state index < -0.39 is 6.16 Å². The van der Waals surface area contributed by atoms with Gasteiger partial charge in [0.25, 0.3) is 0 Å². The zero-order chi connectivity index (χ0) is 10.6. The van der Waals surface area contributed by atoms with Gasteiger partial charge in [0.05, 0.1) is 34.3 Å². The molecule has 0 bridgehead atoms. The Balaban J connectivity index is -0.000000101. The molecule has 0 fully saturated rings. The number of quaternary nitrogens is 2. The Morgan fingerprint density at radius 2 is 1.50 bits per heavy atom. The maximum absolute atomic E-state index is 8.33. The largest absolute Gasteiger partial charge is 0.652 e. The van der Waals surface area contributed by atoms with Gasteiger partial charge in [0.15, 0.2) is 0 Å². The van der Waals surface area contributed by atoms with Crippen LogP contribution in [0.25, 0.3) is 0 Å². The van der Waals surface area contributed by atoms with E-state index in [4.69, 9.17) is 20.1 Å². The summed E-state index contributed by atoms with van der Waals surface area (Å²) in [6.07, 6.45) is -2.33. The summed E-state index contributed by atoms with van der Waals surface area (Å²) in [5.41, 5.74) is 3.35. The van der Waals surface area contributed by atoms with Gasteiger partial charge in [-0.15, -0.1) is 0 Å². The minimum Gasteiger partial charge on any atom is -0.652 e. The summed E-state index contributed by atoms with van der Waals surface area (Å²) in [4.78, 5) is 9.75. The minimum atomic E-state index is -2.33. The molecule has 0 unspecified atom stereocenters. The van der Waals surface area contributed by atoms with Crippen LogP contribution >= 0.6 is 0 Å². The van der Waals surface area contributed by atoms with E-state index in [-0.39, 0.29) is 6.61 Å². The number of carboxylic acid groups (broad SMARTS) is 2. The second-order valence-electron chi connectivity index (χ2n) is 2.33. The SMILES string of the molecule is C[NH+](C)C.O=C([O-])[O-].[NH3+]CCO. The van der Waals surface area contributed by atoms with Gasteiger partial charge in [0.2, 0.25) is 0 Å². The van der Waals surface area contributed by atoms with Crippen molar-refractivity contribution in [3.05, 3.63) is 0 Å². The summed E-state index contributed by atoms with van der Waals surface area (Å²) in [5, 5.41) is 24.5. The Kier molecular flexibility index (Phi) is 24.0. The lowest BCUT2D eigenvalue weighted by Gasteiger charge is -1.96. The summed E-state index contributed by atoms with van der Waals surface area (Å²) in [5.74, 6) is 0. The molecule has 0 aliphatic heterocycles. The van der Waals surface area contributed by atoms with Crippen molar-refractivity contribution in [1.82, 2.24) is 0 Å². The monoisotopic (exact) mass is 182 g/mol. The third-order valence-electron chi connectivity index (χ3n) is 0.158. The molecule has 0 aromatic carbocycles. The van der Waals surface area contributed by atoms with Crippen molar-refractivity contribution in [1.29, 1.82) is 0 Å². The molecular weight excluding hydrogens is 164 g/mol. The first-order valence-corrected chi connectivity index (χ1v) is 3.43. The number of aliphatic hydroxyl groups excluding tert-OH is 1. The van der Waals surface area contributed by atoms with Crippen molar-refractivity contribution in [2.45, 2.75) is 0 Å². The molecule has 0 aliphatic rings. The molecule has 12 heavy (non-hydrogen) atoms. The third-order valence-corrected chi connectivity index (χ3v) is 0.158. The van der Waals surface area contributed by atoms with E-state index in [2.05, 4.69) is 26.9 Å². The van der Waals surface area contributed by atoms with Gasteiger partial charge in [-0.25, -0.2) is 0 Å². The topological polar surface area (TPSA) is 116 Å². The van der Waals surface area contributed by atoms with E-state index in [1.807, 2.05) is 0 Å². The molecule has 0 radical (unpaired) electrons. The summed E-state index contributed by atoms with van der Waals surface area (Å²) >= 11 is 0. The first kappa shape index (κ1) is 17.3. The van der Waals surface area contributed by atoms with Gasteiger partial charge >= 0.3 is 0 Å². The molecule has 6 nitrogen and oxygen atoms in total. The number of aliphatic hydroxyl groups is 1. The van der Waals surface area contributed by atoms with E-state index in [9.17, 15) is 0 Å². The maximum Gasteiger partial charge on any atom is 0.0974 e. The van der Waals surface area contributed by atoms with E-state index in [1.165, 1.54) is 4.90 Å². The lowest BCUT2D eigenvalue weighted by atomic mass is 10.8. The van der Waals surface area contributed by atoms with Crippen LogP contribution in [-0.2, 0) is 0 Å². The molecule has 0 heterocycles. The van der Waals surface area contributed by atoms with Crippen LogP contribution in [0.3, 0.4) is 0 Å². The van der Waals surface area contributed by atoms with Crippen molar-refractivity contribution in [3.8, 4) is 0 Å². The minimum absolute atomic E-state index is 0.208. The molecule has 0 saturated carbocycles. The summed E-state index contributed by atoms with van der Waals surface area (Å²) in [6, 6.07) is 0. The van der Waals surface area contributed by atoms with Crippen molar-refractivity contribution >= 4 is 6.16 Å². The number of carbonyl (C=O) groups excluding carboxylic acids is 1. The second-order valence-corrected chi connectivity index (χ2v) is 2.33. The highest BCUT2D eigenvalue weighted by Gasteiger charge is 1.61. The quantitative estimate of drug-likeness (QED) is 0.375. The van der Waals surface area contributed by atoms with Crippen LogP contribution in [0.15, 0.2) is 0 Å². The number of nitrogens with one attached hydrogen (secondary N) is 1. The predicted octanol–water partition coefficient (Wildman–Crippen LogP) is -5.47. The van der Waals surface area contributed by atoms with Crippen molar-refractivity contribution in [3.63, 3.8) is 0 Å². The van der Waals surface area contributed by atoms with Crippen LogP contribution in [0.5, 0.6) is 0 Å². The first-order chi connectivity index (χ1) is 5.38. The van der Waals surface area contributed by atoms with Crippen LogP contribution in [0.2, 0.25) is 0 Å². The molecule has 0 aromatic rings. The van der Waals surface area contributed by atoms with Crippen molar-refractivity contribution in [2.75, 3.05) is 34.3 Å². The fourth-order valence-corrected chi connectivity index (χ4v) is 0. The molecule has 76 valence electrons. The molecule has 0 atom stereocenters. The fourth-order valence-electron chi connectivity index (χ4n) is 0. The average Bonchev–Trinajstić information content (AvgIpc) is 1.85. The van der Waals surface area contributed by atoms with Crippen LogP contribution in [0.1, 0.15) is 0 Å². The molecular formula is C6H18N2O4. The van der Waals surface area contributed by atoms with E-state index in [0.717, 1.165) is 0 Å². The predicted molar refractivity (Wildman–Crippen MR) is 39.0 cm³/mol. The number of hydrogen-bond donors (Lipinski definition) is 3. The molecule has 0 aliphatic carbocycles. The Hall–Kier alpha value is -0.850. The van der Waals surface area contributed by atoms with Crippen molar-refractivity contribution in [2.24, 2.45) is 0 Å². The number of hydrogen-bond acceptors (Lipinski definition) is 4. The number of rotatable bonds is 1. The van der Waals surface area contributed by atoms with Crippen LogP contribution in [0, 0.1) is 0 Å². The normalized spacial score (nSPS) is 7.50. The first-order valence-electron chi connectivity index (χ1n) is 3.43. The van der Waals surface area contributed by atoms with Gasteiger partial charge in [-0.2, -0.15) is 0 Å². The highest BCUT2D eigenvalue weighted by Crippen LogP contribution is 1.28. The van der Waals surface area contributed by atoms with Crippen LogP contribution < -0.4 is 20.8 Å². The molecule has 0 spiro atoms. The van der Waals surface area contributed by atoms with Gasteiger partial charge in [-0.1, -0.05) is 0 Å². The second kappa shape index (κ2) is 16.6. The standard InChI is InChI=1S/C3H9N.C2H7NO.CH2O3/c1-4(2)3;3-1-2-4;2-1(3)4/h1-3H3;4H,1-3H2;(H2,2,3,4). The molecule has 0 aromatic heterocycles. The Morgan fingerprint density at radius 1 is 1.42 bits per heavy atom. The summed E-state index contributed by atoms with van der Waals surface area (Å²) < 4.78 is 0. The Morgan fingerprint density at radius 3 is 1.50 bits per heavy atom. The van der Waals surface area contributed by atoms with Crippen LogP contribution in [-0.4, -0.2) is 45.6 Å². The molecule has 6 heteroatoms. The zero-order valence-corrected chi connectivity index (χ0v) is 7.79. The van der Waals surface area contributed by atoms with Gasteiger partial charge in [0.1, 0.15) is 0 Å². The van der Waals surface area contributed by atoms with Gasteiger partial charge in [0, 0.05) is 0 Å². The van der Waals surface area contributed by atoms with E-state index in [0.29, 0.717) is 6.54 Å². The molecule has 0 rings (SSSR count). The lowest BCUT2D eigenvalue weighted by Crippen LogP contribution is -3.02. The molecule has 0 amide bonds. The lowest BCUT2D eigenvalue weighted by molar-refractivity contribution is -0.836. The average molecular weight is 182 g/mol. The smallest absolute Gasteiger partial charge is 0.0974 e. The fraction of sp³-hybridized carbons (Fsp3) is 0.833. The zero-order valence-electron chi connectivity index (χ0n) is 7.79. The van der Waals surface area contributed by atoms with E-state index >= 15 is 0 Å². The summed E-state index contributed by atoms with van der Waals surface area (Å²) in [6.45, 7) is 0.833. The Labute approximate surface area is 72.2 Å². The highest BCUT2D eigenvalue weighted by atomic mass is 16.6. The van der Waals surface area contributed by atoms with Gasteiger partial charge < -0.3 is 30.7 Å². The van der Waals surface area contributed by atoms with Crippen molar-refractivity contribution < 1.29 is 30.7 Å². The molecule has 0 saturated heterocycles. The van der Waals surface area contributed by atoms with Crippen LogP contribution in [0.4, 0.5) is 4.79 Å². The maximum atomic E-state index is 8.33.